The van der Waals surface area contributed by atoms with Gasteiger partial charge < -0.3 is 33.8 Å². The van der Waals surface area contributed by atoms with E-state index >= 15 is 0 Å². The maximum absolute atomic E-state index is 13.1. The number of ether oxygens (including phenoxy) is 4. The van der Waals surface area contributed by atoms with Crippen molar-refractivity contribution in [3.63, 3.8) is 0 Å². The SMILES string of the molecule is CCCCCCCCCCCCCCCCC(=O)OC[C@H](COP(=O)(O)OC[C@@H](O)COP(=O)(O)OC[C@@H](COC(=O)CCCCCCCCCCCCC(C)C)OC(=O)CCCCCCCCCCCCC(C)C)OC(=O)CCCCCCCCCCCCCCCCCCC(C)C. The zero-order valence-electron chi connectivity index (χ0n) is 65.0. The first kappa shape index (κ1) is 97.1. The number of hydrogen-bond acceptors (Lipinski definition) is 15. The van der Waals surface area contributed by atoms with Gasteiger partial charge in [-0.3, -0.25) is 37.3 Å². The third-order valence-corrected chi connectivity index (χ3v) is 20.5. The van der Waals surface area contributed by atoms with Gasteiger partial charge in [0.25, 0.3) is 0 Å². The highest BCUT2D eigenvalue weighted by Gasteiger charge is 2.30. The van der Waals surface area contributed by atoms with E-state index in [2.05, 4.69) is 48.5 Å². The summed E-state index contributed by atoms with van der Waals surface area (Å²) in [5, 5.41) is 10.6. The molecule has 0 aromatic rings. The van der Waals surface area contributed by atoms with E-state index in [-0.39, 0.29) is 25.7 Å². The number of carbonyl (C=O) groups is 4. The maximum atomic E-state index is 13.1. The van der Waals surface area contributed by atoms with Gasteiger partial charge in [-0.25, -0.2) is 9.13 Å². The van der Waals surface area contributed by atoms with Crippen molar-refractivity contribution in [3.05, 3.63) is 0 Å². The summed E-state index contributed by atoms with van der Waals surface area (Å²) in [6, 6.07) is 0. The van der Waals surface area contributed by atoms with Crippen LogP contribution >= 0.6 is 15.6 Å². The largest absolute Gasteiger partial charge is 0.472 e. The van der Waals surface area contributed by atoms with Crippen molar-refractivity contribution in [1.82, 2.24) is 0 Å². The summed E-state index contributed by atoms with van der Waals surface area (Å²) in [5.74, 6) is 0.209. The van der Waals surface area contributed by atoms with Crippen molar-refractivity contribution in [2.45, 2.75) is 433 Å². The first-order valence-electron chi connectivity index (χ1n) is 41.3. The predicted molar refractivity (Wildman–Crippen MR) is 405 cm³/mol. The Labute approximate surface area is 607 Å². The number of carbonyl (C=O) groups excluding carboxylic acids is 4. The van der Waals surface area contributed by atoms with Crippen LogP contribution < -0.4 is 0 Å². The summed E-state index contributed by atoms with van der Waals surface area (Å²) in [6.45, 7) is 12.0. The molecule has 0 aromatic heterocycles. The van der Waals surface area contributed by atoms with Crippen LogP contribution in [0.1, 0.15) is 414 Å². The molecule has 0 aliphatic rings. The lowest BCUT2D eigenvalue weighted by Crippen LogP contribution is -2.30. The van der Waals surface area contributed by atoms with E-state index in [0.29, 0.717) is 25.7 Å². The van der Waals surface area contributed by atoms with Crippen LogP contribution in [-0.4, -0.2) is 96.7 Å². The fraction of sp³-hybridized carbons (Fsp3) is 0.950. The Morgan fingerprint density at radius 3 is 0.687 bits per heavy atom. The molecule has 0 aliphatic carbocycles. The van der Waals surface area contributed by atoms with Crippen LogP contribution in [0, 0.1) is 17.8 Å². The van der Waals surface area contributed by atoms with Gasteiger partial charge in [0.15, 0.2) is 12.2 Å². The molecule has 0 aliphatic heterocycles. The minimum absolute atomic E-state index is 0.106. The van der Waals surface area contributed by atoms with Crippen molar-refractivity contribution in [2.75, 3.05) is 39.6 Å². The van der Waals surface area contributed by atoms with E-state index in [1.807, 2.05) is 0 Å². The monoisotopic (exact) mass is 1450 g/mol. The number of aliphatic hydroxyl groups excluding tert-OH is 1. The molecule has 19 heteroatoms. The Morgan fingerprint density at radius 2 is 0.465 bits per heavy atom. The maximum Gasteiger partial charge on any atom is 0.472 e. The molecule has 0 amide bonds. The molecule has 0 spiro atoms. The highest BCUT2D eigenvalue weighted by Crippen LogP contribution is 2.45. The van der Waals surface area contributed by atoms with Crippen LogP contribution in [-0.2, 0) is 65.4 Å². The zero-order valence-corrected chi connectivity index (χ0v) is 66.8. The van der Waals surface area contributed by atoms with Crippen LogP contribution in [0.2, 0.25) is 0 Å². The minimum atomic E-state index is -4.96. The Balaban J connectivity index is 5.26. The zero-order chi connectivity index (χ0) is 73.0. The Morgan fingerprint density at radius 1 is 0.273 bits per heavy atom. The third kappa shape index (κ3) is 74.1. The molecule has 588 valence electrons. The summed E-state index contributed by atoms with van der Waals surface area (Å²) in [4.78, 5) is 73.0. The van der Waals surface area contributed by atoms with E-state index in [0.717, 1.165) is 108 Å². The van der Waals surface area contributed by atoms with Gasteiger partial charge in [-0.15, -0.1) is 0 Å². The number of aliphatic hydroxyl groups is 1. The molecular weight excluding hydrogens is 1290 g/mol. The molecule has 0 heterocycles. The third-order valence-electron chi connectivity index (χ3n) is 18.6. The molecule has 0 bridgehead atoms. The number of phosphoric acid groups is 2. The van der Waals surface area contributed by atoms with Gasteiger partial charge in [-0.2, -0.15) is 0 Å². The predicted octanol–water partition coefficient (Wildman–Crippen LogP) is 23.7. The number of phosphoric ester groups is 2. The summed E-state index contributed by atoms with van der Waals surface area (Å²) >= 11 is 0. The van der Waals surface area contributed by atoms with Crippen LogP contribution in [0.3, 0.4) is 0 Å². The summed E-state index contributed by atoms with van der Waals surface area (Å²) in [5.41, 5.74) is 0. The van der Waals surface area contributed by atoms with Gasteiger partial charge in [0, 0.05) is 25.7 Å². The smallest absolute Gasteiger partial charge is 0.462 e. The molecule has 2 unspecified atom stereocenters. The average molecular weight is 1450 g/mol. The van der Waals surface area contributed by atoms with E-state index in [1.54, 1.807) is 0 Å². The second-order valence-corrected chi connectivity index (χ2v) is 33.1. The normalized spacial score (nSPS) is 14.0. The minimum Gasteiger partial charge on any atom is -0.462 e. The first-order chi connectivity index (χ1) is 47.7. The van der Waals surface area contributed by atoms with Gasteiger partial charge in [0.05, 0.1) is 26.4 Å². The quantitative estimate of drug-likeness (QED) is 0.0222. The van der Waals surface area contributed by atoms with Crippen LogP contribution in [0.4, 0.5) is 0 Å². The Hall–Kier alpha value is -1.94. The second kappa shape index (κ2) is 70.4. The van der Waals surface area contributed by atoms with E-state index < -0.39 is 97.5 Å². The molecule has 17 nitrogen and oxygen atoms in total. The van der Waals surface area contributed by atoms with Gasteiger partial charge >= 0.3 is 39.5 Å². The van der Waals surface area contributed by atoms with Crippen LogP contribution in [0.25, 0.3) is 0 Å². The highest BCUT2D eigenvalue weighted by atomic mass is 31.2. The number of rotatable bonds is 78. The molecule has 99 heavy (non-hydrogen) atoms. The van der Waals surface area contributed by atoms with Crippen molar-refractivity contribution < 1.29 is 80.2 Å². The average Bonchev–Trinajstić information content (AvgIpc) is 0.997. The van der Waals surface area contributed by atoms with Crippen molar-refractivity contribution in [2.24, 2.45) is 17.8 Å². The lowest BCUT2D eigenvalue weighted by molar-refractivity contribution is -0.161. The molecule has 0 saturated carbocycles. The summed E-state index contributed by atoms with van der Waals surface area (Å²) in [7, 11) is -9.92. The molecule has 0 fully saturated rings. The van der Waals surface area contributed by atoms with E-state index in [9.17, 15) is 43.2 Å². The standard InChI is InChI=1S/C80H156O17P2/c1-8-9-10-11-12-13-14-15-21-24-33-40-47-54-61-77(82)90-67-75(96-79(84)63-56-49-42-35-25-22-19-17-16-18-20-23-30-37-44-51-58-71(2)3)69-94-98(86,87)92-65-74(81)66-93-99(88,89)95-70-76(97-80(85)64-57-50-43-36-29-27-32-39-46-53-60-73(6)7)68-91-78(83)62-55-48-41-34-28-26-31-38-45-52-59-72(4)5/h71-76,81H,8-70H2,1-7H3,(H,86,87)(H,88,89)/t74-,75-,76-/m1/s1. The molecule has 3 N–H and O–H groups in total. The van der Waals surface area contributed by atoms with Crippen molar-refractivity contribution in [3.8, 4) is 0 Å². The fourth-order valence-electron chi connectivity index (χ4n) is 12.3. The molecule has 0 saturated heterocycles. The lowest BCUT2D eigenvalue weighted by atomic mass is 10.0. The molecule has 5 atom stereocenters. The number of hydrogen-bond donors (Lipinski definition) is 3. The van der Waals surface area contributed by atoms with Crippen LogP contribution in [0.15, 0.2) is 0 Å². The van der Waals surface area contributed by atoms with Crippen LogP contribution in [0.5, 0.6) is 0 Å². The van der Waals surface area contributed by atoms with Gasteiger partial charge in [-0.1, -0.05) is 363 Å². The fourth-order valence-corrected chi connectivity index (χ4v) is 13.9. The van der Waals surface area contributed by atoms with E-state index in [1.165, 1.54) is 225 Å². The molecule has 0 rings (SSSR count). The summed E-state index contributed by atoms with van der Waals surface area (Å²) < 4.78 is 68.7. The van der Waals surface area contributed by atoms with Crippen molar-refractivity contribution >= 4 is 39.5 Å². The molecule has 0 radical (unpaired) electrons. The summed E-state index contributed by atoms with van der Waals surface area (Å²) in [6.07, 6.45) is 58.2. The van der Waals surface area contributed by atoms with Crippen molar-refractivity contribution in [1.29, 1.82) is 0 Å². The first-order valence-corrected chi connectivity index (χ1v) is 44.3. The molecular formula is C80H156O17P2. The highest BCUT2D eigenvalue weighted by molar-refractivity contribution is 7.47. The number of esters is 4. The second-order valence-electron chi connectivity index (χ2n) is 30.2. The molecule has 0 aromatic carbocycles. The number of unbranched alkanes of at least 4 members (excludes halogenated alkanes) is 46. The Kier molecular flexibility index (Phi) is 69.0. The van der Waals surface area contributed by atoms with Gasteiger partial charge in [-0.05, 0) is 43.4 Å². The lowest BCUT2D eigenvalue weighted by Gasteiger charge is -2.21. The van der Waals surface area contributed by atoms with Gasteiger partial charge in [0.1, 0.15) is 19.3 Å². The Bertz CT molecular complexity index is 1920. The topological polar surface area (TPSA) is 237 Å². The van der Waals surface area contributed by atoms with E-state index in [4.69, 9.17) is 37.0 Å². The van der Waals surface area contributed by atoms with Gasteiger partial charge in [0.2, 0.25) is 0 Å².